The number of ether oxygens (including phenoxy) is 2. The standard InChI is InChI=1S/C16H21N5O3/c1-12(2)21-15(17-18-19-21)11-24-14-5-3-13(4-6-14)16(22)20-7-9-23-10-8-20/h3-6,12H,7-11H2,1-2H3. The van der Waals surface area contributed by atoms with Gasteiger partial charge in [0.1, 0.15) is 12.4 Å². The lowest BCUT2D eigenvalue weighted by atomic mass is 10.2. The maximum absolute atomic E-state index is 12.4. The van der Waals surface area contributed by atoms with Gasteiger partial charge in [-0.15, -0.1) is 5.10 Å². The van der Waals surface area contributed by atoms with Gasteiger partial charge >= 0.3 is 0 Å². The molecule has 0 spiro atoms. The maximum Gasteiger partial charge on any atom is 0.254 e. The first kappa shape index (κ1) is 16.4. The van der Waals surface area contributed by atoms with Crippen LogP contribution < -0.4 is 4.74 Å². The van der Waals surface area contributed by atoms with Crippen LogP contribution in [-0.4, -0.2) is 57.3 Å². The summed E-state index contributed by atoms with van der Waals surface area (Å²) < 4.78 is 12.7. The van der Waals surface area contributed by atoms with Crippen LogP contribution in [0.1, 0.15) is 36.1 Å². The van der Waals surface area contributed by atoms with Crippen molar-refractivity contribution in [3.63, 3.8) is 0 Å². The molecule has 0 atom stereocenters. The third-order valence-corrected chi connectivity index (χ3v) is 3.82. The van der Waals surface area contributed by atoms with Crippen LogP contribution in [-0.2, 0) is 11.3 Å². The van der Waals surface area contributed by atoms with E-state index in [0.29, 0.717) is 43.4 Å². The molecule has 1 amide bonds. The van der Waals surface area contributed by atoms with Gasteiger partial charge in [0.05, 0.1) is 19.3 Å². The van der Waals surface area contributed by atoms with E-state index in [-0.39, 0.29) is 18.6 Å². The van der Waals surface area contributed by atoms with E-state index in [1.165, 1.54) is 0 Å². The topological polar surface area (TPSA) is 82.4 Å². The largest absolute Gasteiger partial charge is 0.486 e. The van der Waals surface area contributed by atoms with Crippen molar-refractivity contribution in [1.82, 2.24) is 25.1 Å². The summed E-state index contributed by atoms with van der Waals surface area (Å²) in [5, 5.41) is 11.6. The highest BCUT2D eigenvalue weighted by Gasteiger charge is 2.18. The molecule has 1 saturated heterocycles. The van der Waals surface area contributed by atoms with Crippen LogP contribution in [0.3, 0.4) is 0 Å². The monoisotopic (exact) mass is 331 g/mol. The summed E-state index contributed by atoms with van der Waals surface area (Å²) in [7, 11) is 0. The smallest absolute Gasteiger partial charge is 0.254 e. The summed E-state index contributed by atoms with van der Waals surface area (Å²) in [5.74, 6) is 1.36. The highest BCUT2D eigenvalue weighted by molar-refractivity contribution is 5.94. The molecule has 0 N–H and O–H groups in total. The van der Waals surface area contributed by atoms with Crippen molar-refractivity contribution in [3.8, 4) is 5.75 Å². The second-order valence-electron chi connectivity index (χ2n) is 5.85. The Balaban J connectivity index is 1.60. The van der Waals surface area contributed by atoms with Crippen LogP contribution in [0.25, 0.3) is 0 Å². The number of nitrogens with zero attached hydrogens (tertiary/aromatic N) is 5. The number of aromatic nitrogens is 4. The van der Waals surface area contributed by atoms with E-state index in [9.17, 15) is 4.79 Å². The average Bonchev–Trinajstić information content (AvgIpc) is 3.09. The Morgan fingerprint density at radius 3 is 2.62 bits per heavy atom. The minimum absolute atomic E-state index is 0.0219. The Kier molecular flexibility index (Phi) is 5.05. The molecule has 0 radical (unpaired) electrons. The Hall–Kier alpha value is -2.48. The second-order valence-corrected chi connectivity index (χ2v) is 5.85. The summed E-state index contributed by atoms with van der Waals surface area (Å²) >= 11 is 0. The second kappa shape index (κ2) is 7.39. The average molecular weight is 331 g/mol. The number of amides is 1. The molecule has 8 heteroatoms. The molecule has 0 bridgehead atoms. The molecule has 1 aromatic heterocycles. The van der Waals surface area contributed by atoms with E-state index < -0.39 is 0 Å². The summed E-state index contributed by atoms with van der Waals surface area (Å²) in [4.78, 5) is 14.2. The number of carbonyl (C=O) groups is 1. The molecule has 1 aliphatic rings. The molecule has 8 nitrogen and oxygen atoms in total. The van der Waals surface area contributed by atoms with Crippen LogP contribution in [0, 0.1) is 0 Å². The Bertz CT molecular complexity index is 677. The molecule has 0 saturated carbocycles. The fourth-order valence-corrected chi connectivity index (χ4v) is 2.50. The van der Waals surface area contributed by atoms with Gasteiger partial charge in [0.2, 0.25) is 0 Å². The third kappa shape index (κ3) is 3.70. The summed E-state index contributed by atoms with van der Waals surface area (Å²) in [5.41, 5.74) is 0.649. The van der Waals surface area contributed by atoms with Gasteiger partial charge in [-0.25, -0.2) is 4.68 Å². The number of rotatable bonds is 5. The van der Waals surface area contributed by atoms with Crippen molar-refractivity contribution < 1.29 is 14.3 Å². The van der Waals surface area contributed by atoms with Gasteiger partial charge in [-0.3, -0.25) is 4.79 Å². The van der Waals surface area contributed by atoms with E-state index in [2.05, 4.69) is 15.5 Å². The minimum atomic E-state index is 0.0219. The van der Waals surface area contributed by atoms with Crippen LogP contribution in [0.2, 0.25) is 0 Å². The van der Waals surface area contributed by atoms with Crippen molar-refractivity contribution >= 4 is 5.91 Å². The van der Waals surface area contributed by atoms with Crippen LogP contribution in [0.5, 0.6) is 5.75 Å². The zero-order valence-corrected chi connectivity index (χ0v) is 13.9. The Morgan fingerprint density at radius 1 is 1.25 bits per heavy atom. The van der Waals surface area contributed by atoms with Gasteiger partial charge in [-0.05, 0) is 48.5 Å². The van der Waals surface area contributed by atoms with Gasteiger partial charge in [0.25, 0.3) is 5.91 Å². The number of benzene rings is 1. The summed E-state index contributed by atoms with van der Waals surface area (Å²) in [6.45, 7) is 6.75. The van der Waals surface area contributed by atoms with E-state index in [0.717, 1.165) is 0 Å². The first-order valence-electron chi connectivity index (χ1n) is 8.02. The SMILES string of the molecule is CC(C)n1nnnc1COc1ccc(C(=O)N2CCOCC2)cc1. The molecule has 2 aromatic rings. The predicted molar refractivity (Wildman–Crippen MR) is 85.7 cm³/mol. The van der Waals surface area contributed by atoms with E-state index >= 15 is 0 Å². The van der Waals surface area contributed by atoms with E-state index in [1.807, 2.05) is 13.8 Å². The lowest BCUT2D eigenvalue weighted by molar-refractivity contribution is 0.0303. The van der Waals surface area contributed by atoms with Crippen molar-refractivity contribution in [3.05, 3.63) is 35.7 Å². The highest BCUT2D eigenvalue weighted by Crippen LogP contribution is 2.16. The first-order chi connectivity index (χ1) is 11.6. The molecule has 3 rings (SSSR count). The van der Waals surface area contributed by atoms with Crippen LogP contribution in [0.4, 0.5) is 0 Å². The van der Waals surface area contributed by atoms with Gasteiger partial charge < -0.3 is 14.4 Å². The molecule has 2 heterocycles. The summed E-state index contributed by atoms with van der Waals surface area (Å²) in [6.07, 6.45) is 0. The van der Waals surface area contributed by atoms with Crippen molar-refractivity contribution in [2.24, 2.45) is 0 Å². The number of hydrogen-bond acceptors (Lipinski definition) is 6. The highest BCUT2D eigenvalue weighted by atomic mass is 16.5. The molecule has 0 unspecified atom stereocenters. The van der Waals surface area contributed by atoms with Crippen LogP contribution >= 0.6 is 0 Å². The van der Waals surface area contributed by atoms with E-state index in [4.69, 9.17) is 9.47 Å². The van der Waals surface area contributed by atoms with Crippen molar-refractivity contribution in [2.45, 2.75) is 26.5 Å². The lowest BCUT2D eigenvalue weighted by Crippen LogP contribution is -2.40. The number of tetrazole rings is 1. The first-order valence-corrected chi connectivity index (χ1v) is 8.02. The van der Waals surface area contributed by atoms with Gasteiger partial charge in [0, 0.05) is 18.7 Å². The molecular weight excluding hydrogens is 310 g/mol. The molecule has 0 aliphatic carbocycles. The predicted octanol–water partition coefficient (Wildman–Crippen LogP) is 1.31. The van der Waals surface area contributed by atoms with Crippen molar-refractivity contribution in [1.29, 1.82) is 0 Å². The molecule has 1 fully saturated rings. The van der Waals surface area contributed by atoms with Crippen LogP contribution in [0.15, 0.2) is 24.3 Å². The van der Waals surface area contributed by atoms with Gasteiger partial charge in [0.15, 0.2) is 5.82 Å². The summed E-state index contributed by atoms with van der Waals surface area (Å²) in [6, 6.07) is 7.30. The minimum Gasteiger partial charge on any atom is -0.486 e. The zero-order valence-electron chi connectivity index (χ0n) is 13.9. The third-order valence-electron chi connectivity index (χ3n) is 3.82. The normalized spacial score (nSPS) is 14.9. The zero-order chi connectivity index (χ0) is 16.9. The van der Waals surface area contributed by atoms with Gasteiger partial charge in [-0.1, -0.05) is 0 Å². The van der Waals surface area contributed by atoms with Gasteiger partial charge in [-0.2, -0.15) is 0 Å². The fourth-order valence-electron chi connectivity index (χ4n) is 2.50. The number of morpholine rings is 1. The molecule has 128 valence electrons. The Labute approximate surface area is 140 Å². The van der Waals surface area contributed by atoms with Crippen molar-refractivity contribution in [2.75, 3.05) is 26.3 Å². The fraction of sp³-hybridized carbons (Fsp3) is 0.500. The molecular formula is C16H21N5O3. The molecule has 24 heavy (non-hydrogen) atoms. The number of hydrogen-bond donors (Lipinski definition) is 0. The number of carbonyl (C=O) groups excluding carboxylic acids is 1. The maximum atomic E-state index is 12.4. The lowest BCUT2D eigenvalue weighted by Gasteiger charge is -2.26. The molecule has 1 aliphatic heterocycles. The Morgan fingerprint density at radius 2 is 1.96 bits per heavy atom. The quantitative estimate of drug-likeness (QED) is 0.821. The van der Waals surface area contributed by atoms with E-state index in [1.54, 1.807) is 33.8 Å². The molecule has 1 aromatic carbocycles.